The van der Waals surface area contributed by atoms with Crippen LogP contribution in [0.3, 0.4) is 0 Å². The van der Waals surface area contributed by atoms with Gasteiger partial charge in [-0.1, -0.05) is 6.42 Å². The maximum absolute atomic E-state index is 5.48. The van der Waals surface area contributed by atoms with Gasteiger partial charge in [-0.2, -0.15) is 5.10 Å². The molecule has 0 saturated carbocycles. The van der Waals surface area contributed by atoms with Crippen molar-refractivity contribution < 1.29 is 9.47 Å². The zero-order chi connectivity index (χ0) is 15.4. The Labute approximate surface area is 129 Å². The fraction of sp³-hybridized carbons (Fsp3) is 0.533. The van der Waals surface area contributed by atoms with Gasteiger partial charge < -0.3 is 9.47 Å². The van der Waals surface area contributed by atoms with E-state index in [9.17, 15) is 0 Å². The molecule has 1 saturated heterocycles. The second-order valence-corrected chi connectivity index (χ2v) is 5.35. The molecule has 0 radical (unpaired) electrons. The molecule has 3 rings (SSSR count). The number of methoxy groups -OCH3 is 2. The number of H-pyrrole nitrogens is 1. The van der Waals surface area contributed by atoms with Crippen molar-refractivity contribution >= 4 is 0 Å². The third-order valence-electron chi connectivity index (χ3n) is 4.08. The Bertz CT molecular complexity index is 602. The van der Waals surface area contributed by atoms with Gasteiger partial charge in [0.2, 0.25) is 0 Å². The number of nitrogens with zero attached hydrogens (tertiary/aromatic N) is 4. The van der Waals surface area contributed by atoms with Crippen molar-refractivity contribution in [3.8, 4) is 11.5 Å². The quantitative estimate of drug-likeness (QED) is 0.909. The van der Waals surface area contributed by atoms with Crippen LogP contribution in [0.2, 0.25) is 0 Å². The minimum atomic E-state index is 0.244. The monoisotopic (exact) mass is 303 g/mol. The van der Waals surface area contributed by atoms with Crippen molar-refractivity contribution in [3.05, 3.63) is 30.1 Å². The molecule has 0 spiro atoms. The van der Waals surface area contributed by atoms with E-state index < -0.39 is 0 Å². The lowest BCUT2D eigenvalue weighted by Crippen LogP contribution is -2.34. The van der Waals surface area contributed by atoms with Crippen LogP contribution in [0.4, 0.5) is 0 Å². The van der Waals surface area contributed by atoms with E-state index in [1.54, 1.807) is 26.7 Å². The van der Waals surface area contributed by atoms with E-state index in [0.29, 0.717) is 18.0 Å². The Kier molecular flexibility index (Phi) is 4.53. The van der Waals surface area contributed by atoms with Crippen LogP contribution >= 0.6 is 0 Å². The van der Waals surface area contributed by atoms with Crippen LogP contribution in [0, 0.1) is 0 Å². The SMILES string of the molecule is COc1ccnc(CN2CCCC[C@H]2c2ncn[nH]2)c1OC. The zero-order valence-corrected chi connectivity index (χ0v) is 13.0. The molecule has 1 aliphatic rings. The van der Waals surface area contributed by atoms with Gasteiger partial charge in [-0.3, -0.25) is 15.0 Å². The lowest BCUT2D eigenvalue weighted by atomic mass is 10.0. The van der Waals surface area contributed by atoms with Crippen molar-refractivity contribution in [1.82, 2.24) is 25.1 Å². The Hall–Kier alpha value is -2.15. The van der Waals surface area contributed by atoms with Gasteiger partial charge in [0, 0.05) is 18.8 Å². The molecule has 0 amide bonds. The van der Waals surface area contributed by atoms with E-state index in [-0.39, 0.29) is 6.04 Å². The van der Waals surface area contributed by atoms with E-state index in [1.165, 1.54) is 12.8 Å². The Balaban J connectivity index is 1.84. The number of nitrogens with one attached hydrogen (secondary N) is 1. The summed E-state index contributed by atoms with van der Waals surface area (Å²) in [6, 6.07) is 2.06. The molecular formula is C15H21N5O2. The fourth-order valence-electron chi connectivity index (χ4n) is 3.02. The maximum atomic E-state index is 5.48. The number of pyridine rings is 1. The van der Waals surface area contributed by atoms with Crippen LogP contribution in [-0.4, -0.2) is 45.8 Å². The number of aromatic amines is 1. The first-order chi connectivity index (χ1) is 10.8. The first kappa shape index (κ1) is 14.8. The van der Waals surface area contributed by atoms with Crippen molar-refractivity contribution in [3.63, 3.8) is 0 Å². The highest BCUT2D eigenvalue weighted by molar-refractivity contribution is 5.42. The number of rotatable bonds is 5. The summed E-state index contributed by atoms with van der Waals surface area (Å²) < 4.78 is 10.8. The van der Waals surface area contributed by atoms with E-state index in [4.69, 9.17) is 9.47 Å². The first-order valence-corrected chi connectivity index (χ1v) is 7.48. The van der Waals surface area contributed by atoms with Crippen molar-refractivity contribution in [2.45, 2.75) is 31.8 Å². The lowest BCUT2D eigenvalue weighted by molar-refractivity contribution is 0.130. The molecule has 0 aliphatic carbocycles. The van der Waals surface area contributed by atoms with Gasteiger partial charge in [-0.05, 0) is 19.4 Å². The molecule has 118 valence electrons. The zero-order valence-electron chi connectivity index (χ0n) is 13.0. The molecule has 2 aromatic heterocycles. The molecule has 7 heteroatoms. The van der Waals surface area contributed by atoms with Crippen LogP contribution < -0.4 is 9.47 Å². The fourth-order valence-corrected chi connectivity index (χ4v) is 3.02. The predicted molar refractivity (Wildman–Crippen MR) is 80.7 cm³/mol. The third kappa shape index (κ3) is 2.89. The number of hydrogen-bond donors (Lipinski definition) is 1. The highest BCUT2D eigenvalue weighted by Gasteiger charge is 2.27. The predicted octanol–water partition coefficient (Wildman–Crippen LogP) is 1.94. The highest BCUT2D eigenvalue weighted by Crippen LogP contribution is 2.34. The molecule has 3 heterocycles. The first-order valence-electron chi connectivity index (χ1n) is 7.48. The third-order valence-corrected chi connectivity index (χ3v) is 4.08. The average molecular weight is 303 g/mol. The van der Waals surface area contributed by atoms with Crippen molar-refractivity contribution in [1.29, 1.82) is 0 Å². The molecule has 22 heavy (non-hydrogen) atoms. The summed E-state index contributed by atoms with van der Waals surface area (Å²) in [6.07, 6.45) is 6.76. The Morgan fingerprint density at radius 1 is 1.27 bits per heavy atom. The van der Waals surface area contributed by atoms with Crippen LogP contribution in [-0.2, 0) is 6.54 Å². The molecule has 1 atom stereocenters. The standard InChI is InChI=1S/C15H21N5O2/c1-21-13-6-7-16-11(14(13)22-2)9-20-8-4-3-5-12(20)15-17-10-18-19-15/h6-7,10,12H,3-5,8-9H2,1-2H3,(H,17,18,19)/t12-/m0/s1. The smallest absolute Gasteiger partial charge is 0.183 e. The topological polar surface area (TPSA) is 76.2 Å². The molecule has 0 aromatic carbocycles. The lowest BCUT2D eigenvalue weighted by Gasteiger charge is -2.34. The summed E-state index contributed by atoms with van der Waals surface area (Å²) in [7, 11) is 3.28. The highest BCUT2D eigenvalue weighted by atomic mass is 16.5. The number of likely N-dealkylation sites (tertiary alicyclic amines) is 1. The maximum Gasteiger partial charge on any atom is 0.183 e. The molecule has 1 N–H and O–H groups in total. The summed E-state index contributed by atoms with van der Waals surface area (Å²) in [4.78, 5) is 11.2. The van der Waals surface area contributed by atoms with Gasteiger partial charge in [0.25, 0.3) is 0 Å². The average Bonchev–Trinajstić information content (AvgIpc) is 3.09. The van der Waals surface area contributed by atoms with Gasteiger partial charge in [-0.25, -0.2) is 4.98 Å². The Morgan fingerprint density at radius 3 is 2.91 bits per heavy atom. The second kappa shape index (κ2) is 6.74. The van der Waals surface area contributed by atoms with Crippen molar-refractivity contribution in [2.75, 3.05) is 20.8 Å². The van der Waals surface area contributed by atoms with E-state index >= 15 is 0 Å². The summed E-state index contributed by atoms with van der Waals surface area (Å²) in [6.45, 7) is 1.71. The van der Waals surface area contributed by atoms with Gasteiger partial charge in [0.05, 0.1) is 20.3 Å². The van der Waals surface area contributed by atoms with Crippen molar-refractivity contribution in [2.24, 2.45) is 0 Å². The van der Waals surface area contributed by atoms with Crippen LogP contribution in [0.15, 0.2) is 18.6 Å². The van der Waals surface area contributed by atoms with Gasteiger partial charge in [-0.15, -0.1) is 0 Å². The normalized spacial score (nSPS) is 19.1. The molecular weight excluding hydrogens is 282 g/mol. The number of hydrogen-bond acceptors (Lipinski definition) is 6. The molecule has 2 aromatic rings. The van der Waals surface area contributed by atoms with Crippen LogP contribution in [0.1, 0.15) is 36.8 Å². The molecule has 7 nitrogen and oxygen atoms in total. The second-order valence-electron chi connectivity index (χ2n) is 5.35. The van der Waals surface area contributed by atoms with Gasteiger partial charge >= 0.3 is 0 Å². The summed E-state index contributed by atoms with van der Waals surface area (Å²) in [5, 5.41) is 6.97. The number of piperidine rings is 1. The molecule has 1 aliphatic heterocycles. The van der Waals surface area contributed by atoms with Gasteiger partial charge in [0.1, 0.15) is 17.8 Å². The number of aromatic nitrogens is 4. The van der Waals surface area contributed by atoms with E-state index in [1.807, 2.05) is 6.07 Å². The Morgan fingerprint density at radius 2 is 2.18 bits per heavy atom. The van der Waals surface area contributed by atoms with E-state index in [2.05, 4.69) is 25.1 Å². The summed E-state index contributed by atoms with van der Waals surface area (Å²) in [5.41, 5.74) is 0.883. The minimum Gasteiger partial charge on any atom is -0.493 e. The van der Waals surface area contributed by atoms with Crippen LogP contribution in [0.25, 0.3) is 0 Å². The molecule has 1 fully saturated rings. The number of ether oxygens (including phenoxy) is 2. The largest absolute Gasteiger partial charge is 0.493 e. The van der Waals surface area contributed by atoms with Crippen LogP contribution in [0.5, 0.6) is 11.5 Å². The van der Waals surface area contributed by atoms with E-state index in [0.717, 1.165) is 24.5 Å². The summed E-state index contributed by atoms with van der Waals surface area (Å²) >= 11 is 0. The summed E-state index contributed by atoms with van der Waals surface area (Å²) in [5.74, 6) is 2.33. The molecule has 0 bridgehead atoms. The minimum absolute atomic E-state index is 0.244. The van der Waals surface area contributed by atoms with Gasteiger partial charge in [0.15, 0.2) is 11.5 Å². The molecule has 0 unspecified atom stereocenters.